The smallest absolute Gasteiger partial charge is 0.363 e. The number of nitrogens with two attached hydrogens (primary N) is 1. The second-order valence-electron chi connectivity index (χ2n) is 6.36. The first-order valence-electron chi connectivity index (χ1n) is 8.61. The van der Waals surface area contributed by atoms with E-state index in [1.54, 1.807) is 15.9 Å². The fourth-order valence-corrected chi connectivity index (χ4v) is 4.46. The number of ether oxygens (including phenoxy) is 1. The lowest BCUT2D eigenvalue weighted by atomic mass is 10.0. The number of fused-ring (bicyclic) bond motifs is 1. The van der Waals surface area contributed by atoms with Crippen molar-refractivity contribution < 1.29 is 17.9 Å². The molecule has 6 nitrogen and oxygen atoms in total. The van der Waals surface area contributed by atoms with Crippen LogP contribution in [-0.2, 0) is 17.7 Å². The number of hydrogen-bond acceptors (Lipinski definition) is 6. The maximum absolute atomic E-state index is 12.1. The molecule has 0 aliphatic carbocycles. The highest BCUT2D eigenvalue weighted by atomic mass is 79.9. The van der Waals surface area contributed by atoms with Crippen LogP contribution in [0.4, 0.5) is 19.0 Å². The van der Waals surface area contributed by atoms with Crippen molar-refractivity contribution in [2.24, 2.45) is 5.73 Å². The van der Waals surface area contributed by atoms with Gasteiger partial charge in [0.25, 0.3) is 0 Å². The van der Waals surface area contributed by atoms with E-state index in [0.29, 0.717) is 23.4 Å². The summed E-state index contributed by atoms with van der Waals surface area (Å²) in [7, 11) is 0. The molecule has 0 aliphatic heterocycles. The highest BCUT2D eigenvalue weighted by Crippen LogP contribution is 2.32. The molecule has 0 unspecified atom stereocenters. The number of anilines is 1. The Hall–Kier alpha value is -1.40. The first-order chi connectivity index (χ1) is 13.7. The summed E-state index contributed by atoms with van der Waals surface area (Å²) < 4.78 is 42.5. The van der Waals surface area contributed by atoms with Crippen molar-refractivity contribution in [2.75, 3.05) is 11.9 Å². The zero-order valence-corrected chi connectivity index (χ0v) is 18.4. The van der Waals surface area contributed by atoms with Crippen LogP contribution in [0.1, 0.15) is 22.4 Å². The molecule has 3 aromatic rings. The van der Waals surface area contributed by atoms with Gasteiger partial charge in [0.2, 0.25) is 5.28 Å². The average Bonchev–Trinajstić information content (AvgIpc) is 3.22. The molecule has 3 aromatic heterocycles. The lowest BCUT2D eigenvalue weighted by Crippen LogP contribution is -2.26. The predicted octanol–water partition coefficient (Wildman–Crippen LogP) is 4.92. The summed E-state index contributed by atoms with van der Waals surface area (Å²) in [5, 5.41) is 9.56. The molecule has 3 rings (SSSR count). The number of rotatable bonds is 8. The Labute approximate surface area is 182 Å². The average molecular weight is 513 g/mol. The topological polar surface area (TPSA) is 77.5 Å². The zero-order valence-electron chi connectivity index (χ0n) is 15.3. The molecular weight excluding hydrogens is 495 g/mol. The molecule has 0 amide bonds. The summed E-state index contributed by atoms with van der Waals surface area (Å²) in [6.07, 6.45) is -4.25. The number of thiophene rings is 1. The Morgan fingerprint density at radius 2 is 2.21 bits per heavy atom. The van der Waals surface area contributed by atoms with Gasteiger partial charge in [0.1, 0.15) is 10.1 Å². The number of aryl methyl sites for hydroxylation is 1. The maximum Gasteiger partial charge on any atom is 0.522 e. The Morgan fingerprint density at radius 1 is 1.45 bits per heavy atom. The molecular formula is C17H18BrClF3N5OS. The van der Waals surface area contributed by atoms with Crippen molar-refractivity contribution in [2.45, 2.75) is 38.7 Å². The predicted molar refractivity (Wildman–Crippen MR) is 110 cm³/mol. The van der Waals surface area contributed by atoms with Crippen LogP contribution in [0, 0.1) is 6.92 Å². The van der Waals surface area contributed by atoms with Gasteiger partial charge in [-0.1, -0.05) is 6.07 Å². The molecule has 3 heterocycles. The summed E-state index contributed by atoms with van der Waals surface area (Å²) >= 11 is 11.2. The van der Waals surface area contributed by atoms with Crippen LogP contribution in [0.5, 0.6) is 0 Å². The van der Waals surface area contributed by atoms with Crippen LogP contribution in [0.15, 0.2) is 22.1 Å². The maximum atomic E-state index is 12.1. The Morgan fingerprint density at radius 3 is 2.86 bits per heavy atom. The minimum Gasteiger partial charge on any atom is -0.363 e. The molecule has 0 bridgehead atoms. The van der Waals surface area contributed by atoms with E-state index < -0.39 is 19.0 Å². The molecule has 0 fully saturated rings. The highest BCUT2D eigenvalue weighted by Gasteiger charge is 2.29. The monoisotopic (exact) mass is 511 g/mol. The van der Waals surface area contributed by atoms with Gasteiger partial charge < -0.3 is 11.1 Å². The van der Waals surface area contributed by atoms with Gasteiger partial charge >= 0.3 is 6.36 Å². The molecule has 29 heavy (non-hydrogen) atoms. The van der Waals surface area contributed by atoms with Gasteiger partial charge in [0.15, 0.2) is 5.82 Å². The third kappa shape index (κ3) is 5.60. The van der Waals surface area contributed by atoms with Crippen LogP contribution in [0.25, 0.3) is 5.52 Å². The first kappa shape index (κ1) is 22.3. The highest BCUT2D eigenvalue weighted by molar-refractivity contribution is 9.10. The largest absolute Gasteiger partial charge is 0.522 e. The fraction of sp³-hybridized carbons (Fsp3) is 0.412. The zero-order chi connectivity index (χ0) is 21.2. The van der Waals surface area contributed by atoms with E-state index in [0.717, 1.165) is 21.5 Å². The summed E-state index contributed by atoms with van der Waals surface area (Å²) in [5.41, 5.74) is 8.46. The van der Waals surface area contributed by atoms with Crippen molar-refractivity contribution in [1.29, 1.82) is 0 Å². The van der Waals surface area contributed by atoms with E-state index in [4.69, 9.17) is 17.3 Å². The van der Waals surface area contributed by atoms with Crippen molar-refractivity contribution in [1.82, 2.24) is 14.6 Å². The molecule has 12 heteroatoms. The minimum atomic E-state index is -4.66. The molecule has 0 radical (unpaired) electrons. The second kappa shape index (κ2) is 9.17. The second-order valence-corrected chi connectivity index (χ2v) is 8.49. The van der Waals surface area contributed by atoms with Gasteiger partial charge in [-0.2, -0.15) is 4.98 Å². The third-order valence-corrected chi connectivity index (χ3v) is 6.15. The van der Waals surface area contributed by atoms with Crippen molar-refractivity contribution in [3.63, 3.8) is 0 Å². The van der Waals surface area contributed by atoms with Crippen LogP contribution in [-0.4, -0.2) is 33.6 Å². The third-order valence-electron chi connectivity index (χ3n) is 4.30. The molecule has 0 spiro atoms. The van der Waals surface area contributed by atoms with Crippen LogP contribution < -0.4 is 11.1 Å². The molecule has 0 saturated carbocycles. The fourth-order valence-electron chi connectivity index (χ4n) is 2.94. The van der Waals surface area contributed by atoms with Crippen LogP contribution >= 0.6 is 38.9 Å². The molecule has 0 aromatic carbocycles. The van der Waals surface area contributed by atoms with Gasteiger partial charge in [0.05, 0.1) is 13.2 Å². The number of nitrogens with zero attached hydrogens (tertiary/aromatic N) is 3. The van der Waals surface area contributed by atoms with Gasteiger partial charge in [-0.25, -0.2) is 4.52 Å². The normalized spacial score (nSPS) is 13.2. The SMILES string of the molecule is Cc1c(C[C@@H](N)CCOC(F)(F)F)c(Br)n2nc(Cl)nc(NCc3cccs3)c12. The molecule has 3 N–H and O–H groups in total. The Bertz CT molecular complexity index is 980. The van der Waals surface area contributed by atoms with E-state index in [1.807, 2.05) is 24.4 Å². The van der Waals surface area contributed by atoms with E-state index in [-0.39, 0.29) is 11.7 Å². The van der Waals surface area contributed by atoms with Crippen molar-refractivity contribution in [3.05, 3.63) is 43.4 Å². The molecule has 0 aliphatic rings. The number of halogens is 5. The van der Waals surface area contributed by atoms with E-state index in [1.165, 1.54) is 0 Å². The standard InChI is InChI=1S/C17H18BrClF3N5OS/c1-9-12(7-10(23)4-5-28-17(20,21)22)14(18)27-13(9)15(25-16(19)26-27)24-8-11-3-2-6-29-11/h2-3,6,10H,4-5,7-8,23H2,1H3,(H,24,25,26)/t10-/m0/s1. The number of hydrogen-bond donors (Lipinski definition) is 2. The van der Waals surface area contributed by atoms with Crippen molar-refractivity contribution >= 4 is 50.2 Å². The minimum absolute atomic E-state index is 0.0630. The summed E-state index contributed by atoms with van der Waals surface area (Å²) in [6, 6.07) is 3.45. The van der Waals surface area contributed by atoms with Gasteiger partial charge in [-0.3, -0.25) is 4.74 Å². The lowest BCUT2D eigenvalue weighted by molar-refractivity contribution is -0.324. The van der Waals surface area contributed by atoms with E-state index in [2.05, 4.69) is 36.1 Å². The lowest BCUT2D eigenvalue weighted by Gasteiger charge is -2.13. The quantitative estimate of drug-likeness (QED) is 0.448. The first-order valence-corrected chi connectivity index (χ1v) is 10.7. The van der Waals surface area contributed by atoms with E-state index >= 15 is 0 Å². The van der Waals surface area contributed by atoms with Gasteiger partial charge in [-0.05, 0) is 69.9 Å². The van der Waals surface area contributed by atoms with Crippen LogP contribution in [0.2, 0.25) is 5.28 Å². The Kier molecular flexibility index (Phi) is 7.05. The molecule has 0 saturated heterocycles. The molecule has 1 atom stereocenters. The van der Waals surface area contributed by atoms with Gasteiger partial charge in [-0.15, -0.1) is 29.6 Å². The Balaban J connectivity index is 1.82. The van der Waals surface area contributed by atoms with Gasteiger partial charge in [0, 0.05) is 10.9 Å². The summed E-state index contributed by atoms with van der Waals surface area (Å²) in [6.45, 7) is 1.97. The number of nitrogens with one attached hydrogen (secondary N) is 1. The van der Waals surface area contributed by atoms with Crippen molar-refractivity contribution in [3.8, 4) is 0 Å². The van der Waals surface area contributed by atoms with E-state index in [9.17, 15) is 13.2 Å². The summed E-state index contributed by atoms with van der Waals surface area (Å²) in [5.74, 6) is 0.567. The number of alkyl halides is 3. The van der Waals surface area contributed by atoms with Crippen LogP contribution in [0.3, 0.4) is 0 Å². The number of aromatic nitrogens is 3. The molecule has 158 valence electrons. The summed E-state index contributed by atoms with van der Waals surface area (Å²) in [4.78, 5) is 5.43.